The minimum Gasteiger partial charge on any atom is -0.318 e. The van der Waals surface area contributed by atoms with Crippen LogP contribution in [0, 0.1) is 0 Å². The van der Waals surface area contributed by atoms with E-state index in [1.54, 1.807) is 0 Å². The molecule has 0 aliphatic rings. The second kappa shape index (κ2) is 51.0. The molecular weight excluding hydrogens is 134 g/mol. The Bertz CT molecular complexity index is 18.8. The third-order valence-electron chi connectivity index (χ3n) is 0.577. The Morgan fingerprint density at radius 1 is 0.727 bits per heavy atom. The molecule has 0 unspecified atom stereocenters. The van der Waals surface area contributed by atoms with Gasteiger partial charge in [-0.2, -0.15) is 0 Å². The van der Waals surface area contributed by atoms with Gasteiger partial charge in [0.2, 0.25) is 0 Å². The van der Waals surface area contributed by atoms with Gasteiger partial charge in [0.15, 0.2) is 0 Å². The molecule has 0 saturated heterocycles. The first-order valence-corrected chi connectivity index (χ1v) is 4.94. The van der Waals surface area contributed by atoms with Crippen molar-refractivity contribution in [2.45, 2.75) is 61.4 Å². The van der Waals surface area contributed by atoms with Crippen molar-refractivity contribution in [3.8, 4) is 0 Å². The Morgan fingerprint density at radius 2 is 0.818 bits per heavy atom. The topological polar surface area (TPSA) is 12.0 Å². The van der Waals surface area contributed by atoms with E-state index in [-0.39, 0.29) is 0 Å². The second-order valence-electron chi connectivity index (χ2n) is 1.44. The van der Waals surface area contributed by atoms with E-state index in [2.05, 4.69) is 19.2 Å². The van der Waals surface area contributed by atoms with Crippen molar-refractivity contribution in [2.24, 2.45) is 0 Å². The molecule has 0 amide bonds. The van der Waals surface area contributed by atoms with Gasteiger partial charge in [-0.1, -0.05) is 55.4 Å². The van der Waals surface area contributed by atoms with Crippen LogP contribution in [-0.4, -0.2) is 13.1 Å². The fourth-order valence-electron chi connectivity index (χ4n) is 0. The predicted octanol–water partition coefficient (Wildman–Crippen LogP) is 3.69. The van der Waals surface area contributed by atoms with E-state index in [0.29, 0.717) is 6.04 Å². The monoisotopic (exact) mass is 163 g/mol. The summed E-state index contributed by atoms with van der Waals surface area (Å²) in [6, 6.07) is 0.634. The molecule has 0 aromatic heterocycles. The van der Waals surface area contributed by atoms with Gasteiger partial charge in [0.25, 0.3) is 0 Å². The van der Waals surface area contributed by atoms with Gasteiger partial charge in [-0.05, 0) is 7.05 Å². The fraction of sp³-hybridized carbons (Fsp3) is 1.00. The molecule has 0 rings (SSSR count). The molecule has 0 bridgehead atoms. The van der Waals surface area contributed by atoms with Crippen molar-refractivity contribution in [3.63, 3.8) is 0 Å². The molecular formula is C10H29N. The third kappa shape index (κ3) is 164. The van der Waals surface area contributed by atoms with Gasteiger partial charge >= 0.3 is 0 Å². The number of hydrogen-bond donors (Lipinski definition) is 1. The zero-order chi connectivity index (χ0) is 10.3. The van der Waals surface area contributed by atoms with Gasteiger partial charge in [0, 0.05) is 6.04 Å². The smallest absolute Gasteiger partial charge is 0.000733 e. The molecule has 1 heteroatoms. The minimum atomic E-state index is 0.634. The van der Waals surface area contributed by atoms with Crippen LogP contribution in [-0.2, 0) is 0 Å². The Morgan fingerprint density at radius 3 is 0.818 bits per heavy atom. The van der Waals surface area contributed by atoms with Gasteiger partial charge in [-0.15, -0.1) is 0 Å². The molecule has 0 fully saturated rings. The fourth-order valence-corrected chi connectivity index (χ4v) is 0. The zero-order valence-electron chi connectivity index (χ0n) is 10.1. The lowest BCUT2D eigenvalue weighted by Gasteiger charge is -1.95. The van der Waals surface area contributed by atoms with Crippen LogP contribution in [0.2, 0.25) is 0 Å². The third-order valence-corrected chi connectivity index (χ3v) is 0.577. The molecule has 0 spiro atoms. The maximum atomic E-state index is 3.03. The van der Waals surface area contributed by atoms with E-state index in [4.69, 9.17) is 0 Å². The Hall–Kier alpha value is -0.0400. The first-order chi connectivity index (χ1) is 5.27. The van der Waals surface area contributed by atoms with Crippen molar-refractivity contribution in [1.82, 2.24) is 5.32 Å². The molecule has 0 aliphatic heterocycles. The van der Waals surface area contributed by atoms with Gasteiger partial charge in [-0.25, -0.2) is 0 Å². The lowest BCUT2D eigenvalue weighted by atomic mass is 10.4. The van der Waals surface area contributed by atoms with E-state index < -0.39 is 0 Å². The van der Waals surface area contributed by atoms with Crippen LogP contribution in [0.15, 0.2) is 0 Å². The SMILES string of the molecule is CC.CC.CC.CNC(C)C. The van der Waals surface area contributed by atoms with Gasteiger partial charge in [0.05, 0.1) is 0 Å². The summed E-state index contributed by atoms with van der Waals surface area (Å²) < 4.78 is 0. The minimum absolute atomic E-state index is 0.634. The predicted molar refractivity (Wildman–Crippen MR) is 58.2 cm³/mol. The Kier molecular flexibility index (Phi) is 104. The standard InChI is InChI=1S/C4H11N.3C2H6/c1-4(2)5-3;3*1-2/h4-5H,1-3H3;3*1-2H3. The van der Waals surface area contributed by atoms with Crippen molar-refractivity contribution in [2.75, 3.05) is 7.05 Å². The highest BCUT2D eigenvalue weighted by Crippen LogP contribution is 1.66. The maximum absolute atomic E-state index is 3.03. The molecule has 0 heterocycles. The highest BCUT2D eigenvalue weighted by Gasteiger charge is 1.76. The molecule has 0 atom stereocenters. The molecule has 1 nitrogen and oxygen atoms in total. The second-order valence-corrected chi connectivity index (χ2v) is 1.44. The Labute approximate surface area is 74.6 Å². The summed E-state index contributed by atoms with van der Waals surface area (Å²) in [7, 11) is 1.95. The summed E-state index contributed by atoms with van der Waals surface area (Å²) in [5.41, 5.74) is 0. The van der Waals surface area contributed by atoms with Crippen LogP contribution >= 0.6 is 0 Å². The lowest BCUT2D eigenvalue weighted by molar-refractivity contribution is 0.668. The highest BCUT2D eigenvalue weighted by atomic mass is 14.8. The number of hydrogen-bond acceptors (Lipinski definition) is 1. The molecule has 74 valence electrons. The largest absolute Gasteiger partial charge is 0.318 e. The molecule has 0 radical (unpaired) electrons. The van der Waals surface area contributed by atoms with Crippen molar-refractivity contribution in [1.29, 1.82) is 0 Å². The molecule has 0 aromatic rings. The van der Waals surface area contributed by atoms with Crippen LogP contribution in [0.25, 0.3) is 0 Å². The van der Waals surface area contributed by atoms with E-state index in [0.717, 1.165) is 0 Å². The van der Waals surface area contributed by atoms with Gasteiger partial charge in [-0.3, -0.25) is 0 Å². The normalized spacial score (nSPS) is 6.00. The van der Waals surface area contributed by atoms with Crippen molar-refractivity contribution >= 4 is 0 Å². The van der Waals surface area contributed by atoms with Crippen LogP contribution in [0.4, 0.5) is 0 Å². The molecule has 11 heavy (non-hydrogen) atoms. The first kappa shape index (κ1) is 22.4. The number of rotatable bonds is 1. The maximum Gasteiger partial charge on any atom is 0.000733 e. The van der Waals surface area contributed by atoms with Crippen molar-refractivity contribution in [3.05, 3.63) is 0 Å². The van der Waals surface area contributed by atoms with Gasteiger partial charge < -0.3 is 5.32 Å². The summed E-state index contributed by atoms with van der Waals surface area (Å²) in [4.78, 5) is 0. The molecule has 0 aromatic carbocycles. The van der Waals surface area contributed by atoms with E-state index >= 15 is 0 Å². The van der Waals surface area contributed by atoms with Crippen molar-refractivity contribution < 1.29 is 0 Å². The molecule has 0 saturated carbocycles. The average molecular weight is 163 g/mol. The quantitative estimate of drug-likeness (QED) is 0.621. The summed E-state index contributed by atoms with van der Waals surface area (Å²) in [6.07, 6.45) is 0. The van der Waals surface area contributed by atoms with E-state index in [1.165, 1.54) is 0 Å². The summed E-state index contributed by atoms with van der Waals surface area (Å²) in [5.74, 6) is 0. The Balaban J connectivity index is -0.0000000350. The molecule has 1 N–H and O–H groups in total. The summed E-state index contributed by atoms with van der Waals surface area (Å²) >= 11 is 0. The zero-order valence-corrected chi connectivity index (χ0v) is 10.1. The average Bonchev–Trinajstić information content (AvgIpc) is 2.15. The van der Waals surface area contributed by atoms with Crippen LogP contribution in [0.5, 0.6) is 0 Å². The van der Waals surface area contributed by atoms with Crippen LogP contribution < -0.4 is 5.32 Å². The summed E-state index contributed by atoms with van der Waals surface area (Å²) in [6.45, 7) is 16.2. The number of nitrogens with one attached hydrogen (secondary N) is 1. The van der Waals surface area contributed by atoms with Crippen LogP contribution in [0.1, 0.15) is 55.4 Å². The molecule has 0 aliphatic carbocycles. The lowest BCUT2D eigenvalue weighted by Crippen LogP contribution is -2.15. The first-order valence-electron chi connectivity index (χ1n) is 4.94. The van der Waals surface area contributed by atoms with E-state index in [1.807, 2.05) is 48.6 Å². The summed E-state index contributed by atoms with van der Waals surface area (Å²) in [5, 5.41) is 3.03. The van der Waals surface area contributed by atoms with Gasteiger partial charge in [0.1, 0.15) is 0 Å². The van der Waals surface area contributed by atoms with Crippen LogP contribution in [0.3, 0.4) is 0 Å². The highest BCUT2D eigenvalue weighted by molar-refractivity contribution is 4.40. The van der Waals surface area contributed by atoms with E-state index in [9.17, 15) is 0 Å².